The number of guanidine groups is 1. The van der Waals surface area contributed by atoms with Crippen LogP contribution in [0.2, 0.25) is 0 Å². The molecule has 180 valence electrons. The van der Waals surface area contributed by atoms with E-state index in [0.717, 1.165) is 34.6 Å². The maximum Gasteiger partial charge on any atom is 0.258 e. The molecule has 0 spiro atoms. The van der Waals surface area contributed by atoms with Gasteiger partial charge in [-0.15, -0.1) is 0 Å². The fraction of sp³-hybridized carbons (Fsp3) is 0.346. The Kier molecular flexibility index (Phi) is 7.94. The van der Waals surface area contributed by atoms with E-state index in [0.29, 0.717) is 29.6 Å². The number of carbonyl (C=O) groups is 1. The van der Waals surface area contributed by atoms with E-state index in [2.05, 4.69) is 15.7 Å². The third kappa shape index (κ3) is 5.75. The fourth-order valence-electron chi connectivity index (χ4n) is 3.72. The first-order valence-corrected chi connectivity index (χ1v) is 11.1. The Morgan fingerprint density at radius 3 is 2.41 bits per heavy atom. The van der Waals surface area contributed by atoms with Gasteiger partial charge in [-0.05, 0) is 75.1 Å². The molecule has 0 fully saturated rings. The number of nitrogens with one attached hydrogen (secondary N) is 2. The monoisotopic (exact) mass is 463 g/mol. The predicted molar refractivity (Wildman–Crippen MR) is 135 cm³/mol. The number of aliphatic imine (C=N–C) groups is 1. The SMILES string of the molecule is COc1ccc(C(=O)NC(=NCCc2c(C)nn(C)c2C)Nc2cc(C)ccc2C)cc1OC. The molecule has 3 aromatic rings. The Balaban J connectivity index is 1.85. The normalized spacial score (nSPS) is 11.3. The van der Waals surface area contributed by atoms with E-state index in [-0.39, 0.29) is 5.91 Å². The molecule has 2 aromatic carbocycles. The van der Waals surface area contributed by atoms with Crippen molar-refractivity contribution in [1.29, 1.82) is 0 Å². The number of benzene rings is 2. The molecule has 0 saturated carbocycles. The van der Waals surface area contributed by atoms with Crippen LogP contribution in [-0.2, 0) is 13.5 Å². The van der Waals surface area contributed by atoms with Crippen LogP contribution < -0.4 is 20.1 Å². The molecule has 34 heavy (non-hydrogen) atoms. The minimum absolute atomic E-state index is 0.300. The van der Waals surface area contributed by atoms with E-state index in [1.54, 1.807) is 25.3 Å². The Morgan fingerprint density at radius 1 is 1.03 bits per heavy atom. The summed E-state index contributed by atoms with van der Waals surface area (Å²) in [5.74, 6) is 1.13. The molecule has 1 aromatic heterocycles. The molecule has 0 atom stereocenters. The van der Waals surface area contributed by atoms with E-state index in [1.165, 1.54) is 12.7 Å². The Hall–Kier alpha value is -3.81. The van der Waals surface area contributed by atoms with Gasteiger partial charge in [0, 0.05) is 30.5 Å². The molecule has 0 unspecified atom stereocenters. The molecule has 0 aliphatic rings. The Labute approximate surface area is 201 Å². The zero-order valence-electron chi connectivity index (χ0n) is 20.9. The van der Waals surface area contributed by atoms with Gasteiger partial charge in [0.15, 0.2) is 11.5 Å². The van der Waals surface area contributed by atoms with Gasteiger partial charge >= 0.3 is 0 Å². The topological polar surface area (TPSA) is 89.8 Å². The lowest BCUT2D eigenvalue weighted by Crippen LogP contribution is -2.36. The smallest absolute Gasteiger partial charge is 0.258 e. The standard InChI is InChI=1S/C26H33N5O3/c1-16-8-9-17(2)22(14-16)28-26(27-13-12-21-18(3)30-31(5)19(21)4)29-25(32)20-10-11-23(33-6)24(15-20)34-7/h8-11,14-15H,12-13H2,1-7H3,(H2,27,28,29,32). The molecule has 0 aliphatic carbocycles. The van der Waals surface area contributed by atoms with Gasteiger partial charge in [0.2, 0.25) is 5.96 Å². The van der Waals surface area contributed by atoms with Crippen molar-refractivity contribution in [1.82, 2.24) is 15.1 Å². The second-order valence-corrected chi connectivity index (χ2v) is 8.22. The first-order valence-electron chi connectivity index (χ1n) is 11.1. The van der Waals surface area contributed by atoms with Gasteiger partial charge in [-0.2, -0.15) is 5.10 Å². The third-order valence-electron chi connectivity index (χ3n) is 5.81. The van der Waals surface area contributed by atoms with Crippen molar-refractivity contribution in [2.45, 2.75) is 34.1 Å². The number of methoxy groups -OCH3 is 2. The summed E-state index contributed by atoms with van der Waals surface area (Å²) in [6.07, 6.45) is 0.718. The van der Waals surface area contributed by atoms with Crippen LogP contribution in [0.15, 0.2) is 41.4 Å². The Bertz CT molecular complexity index is 1210. The largest absolute Gasteiger partial charge is 0.493 e. The maximum atomic E-state index is 13.1. The average molecular weight is 464 g/mol. The lowest BCUT2D eigenvalue weighted by atomic mass is 10.1. The number of aryl methyl sites for hydroxylation is 4. The molecule has 2 N–H and O–H groups in total. The highest BCUT2D eigenvalue weighted by molar-refractivity contribution is 6.10. The van der Waals surface area contributed by atoms with Gasteiger partial charge in [-0.25, -0.2) is 0 Å². The van der Waals surface area contributed by atoms with Crippen molar-refractivity contribution in [2.24, 2.45) is 12.0 Å². The lowest BCUT2D eigenvalue weighted by molar-refractivity contribution is 0.0976. The average Bonchev–Trinajstić information content (AvgIpc) is 3.06. The first kappa shape index (κ1) is 24.8. The number of nitrogens with zero attached hydrogens (tertiary/aromatic N) is 3. The van der Waals surface area contributed by atoms with E-state index < -0.39 is 0 Å². The number of anilines is 1. The molecule has 0 saturated heterocycles. The van der Waals surface area contributed by atoms with E-state index in [4.69, 9.17) is 14.5 Å². The van der Waals surface area contributed by atoms with Gasteiger partial charge < -0.3 is 14.8 Å². The van der Waals surface area contributed by atoms with Crippen LogP contribution in [0.3, 0.4) is 0 Å². The molecule has 1 heterocycles. The highest BCUT2D eigenvalue weighted by atomic mass is 16.5. The van der Waals surface area contributed by atoms with Crippen LogP contribution in [0, 0.1) is 27.7 Å². The van der Waals surface area contributed by atoms with Gasteiger partial charge in [-0.3, -0.25) is 19.8 Å². The van der Waals surface area contributed by atoms with Gasteiger partial charge in [0.1, 0.15) is 0 Å². The molecule has 0 radical (unpaired) electrons. The third-order valence-corrected chi connectivity index (χ3v) is 5.81. The summed E-state index contributed by atoms with van der Waals surface area (Å²) in [5.41, 5.74) is 6.77. The zero-order chi connectivity index (χ0) is 24.8. The maximum absolute atomic E-state index is 13.1. The summed E-state index contributed by atoms with van der Waals surface area (Å²) >= 11 is 0. The van der Waals surface area contributed by atoms with Crippen molar-refractivity contribution in [3.8, 4) is 11.5 Å². The van der Waals surface area contributed by atoms with Crippen LogP contribution in [0.1, 0.15) is 38.4 Å². The Morgan fingerprint density at radius 2 is 1.76 bits per heavy atom. The summed E-state index contributed by atoms with van der Waals surface area (Å²) in [7, 11) is 5.03. The van der Waals surface area contributed by atoms with Crippen LogP contribution in [0.4, 0.5) is 5.69 Å². The van der Waals surface area contributed by atoms with Crippen LogP contribution in [0.5, 0.6) is 11.5 Å². The summed E-state index contributed by atoms with van der Waals surface area (Å²) in [6, 6.07) is 11.2. The number of ether oxygens (including phenoxy) is 2. The minimum Gasteiger partial charge on any atom is -0.493 e. The van der Waals surface area contributed by atoms with Crippen LogP contribution >= 0.6 is 0 Å². The minimum atomic E-state index is -0.300. The van der Waals surface area contributed by atoms with Crippen molar-refractivity contribution < 1.29 is 14.3 Å². The lowest BCUT2D eigenvalue weighted by Gasteiger charge is -2.15. The summed E-state index contributed by atoms with van der Waals surface area (Å²) in [6.45, 7) is 8.58. The number of hydrogen-bond acceptors (Lipinski definition) is 5. The van der Waals surface area contributed by atoms with Gasteiger partial charge in [-0.1, -0.05) is 12.1 Å². The van der Waals surface area contributed by atoms with Crippen molar-refractivity contribution in [3.63, 3.8) is 0 Å². The molecule has 0 aliphatic heterocycles. The van der Waals surface area contributed by atoms with E-state index in [1.807, 2.05) is 57.6 Å². The quantitative estimate of drug-likeness (QED) is 0.407. The number of amides is 1. The number of aromatic nitrogens is 2. The van der Waals surface area contributed by atoms with E-state index >= 15 is 0 Å². The first-order chi connectivity index (χ1) is 16.2. The van der Waals surface area contributed by atoms with Gasteiger partial charge in [0.25, 0.3) is 5.91 Å². The summed E-state index contributed by atoms with van der Waals surface area (Å²) in [5, 5.41) is 10.7. The molecule has 1 amide bonds. The number of hydrogen-bond donors (Lipinski definition) is 2. The predicted octanol–water partition coefficient (Wildman–Crippen LogP) is 4.11. The molecule has 8 nitrogen and oxygen atoms in total. The number of rotatable bonds is 7. The van der Waals surface area contributed by atoms with Crippen molar-refractivity contribution in [2.75, 3.05) is 26.1 Å². The van der Waals surface area contributed by atoms with Gasteiger partial charge in [0.05, 0.1) is 19.9 Å². The summed E-state index contributed by atoms with van der Waals surface area (Å²) < 4.78 is 12.5. The van der Waals surface area contributed by atoms with E-state index in [9.17, 15) is 4.79 Å². The number of carbonyl (C=O) groups excluding carboxylic acids is 1. The second kappa shape index (κ2) is 10.9. The molecular weight excluding hydrogens is 430 g/mol. The molecule has 0 bridgehead atoms. The highest BCUT2D eigenvalue weighted by Crippen LogP contribution is 2.27. The van der Waals surface area contributed by atoms with Crippen molar-refractivity contribution in [3.05, 3.63) is 70.0 Å². The fourth-order valence-corrected chi connectivity index (χ4v) is 3.72. The zero-order valence-corrected chi connectivity index (χ0v) is 20.9. The molecule has 8 heteroatoms. The van der Waals surface area contributed by atoms with Crippen LogP contribution in [-0.4, -0.2) is 42.4 Å². The molecular formula is C26H33N5O3. The molecule has 3 rings (SSSR count). The summed E-state index contributed by atoms with van der Waals surface area (Å²) in [4.78, 5) is 17.8. The highest BCUT2D eigenvalue weighted by Gasteiger charge is 2.14. The second-order valence-electron chi connectivity index (χ2n) is 8.22. The van der Waals surface area contributed by atoms with Crippen molar-refractivity contribution >= 4 is 17.6 Å². The van der Waals surface area contributed by atoms with Crippen LogP contribution in [0.25, 0.3) is 0 Å².